The second-order valence-electron chi connectivity index (χ2n) is 16.1. The highest BCUT2D eigenvalue weighted by Gasteiger charge is 2.61. The summed E-state index contributed by atoms with van der Waals surface area (Å²) in [4.78, 5) is 0. The quantitative estimate of drug-likeness (QED) is 0.118. The summed E-state index contributed by atoms with van der Waals surface area (Å²) in [5.74, 6) is -2.38. The lowest BCUT2D eigenvalue weighted by Gasteiger charge is -2.55. The Bertz CT molecular complexity index is 1390. The zero-order valence-electron chi connectivity index (χ0n) is 30.8. The van der Waals surface area contributed by atoms with Gasteiger partial charge in [0.1, 0.15) is 91.6 Å². The van der Waals surface area contributed by atoms with Crippen LogP contribution in [0.3, 0.4) is 0 Å². The molecule has 23 atom stereocenters. The van der Waals surface area contributed by atoms with E-state index < -0.39 is 165 Å². The molecule has 0 aromatic heterocycles. The zero-order valence-corrected chi connectivity index (χ0v) is 30.8. The molecule has 55 heavy (non-hydrogen) atoms. The fourth-order valence-corrected chi connectivity index (χ4v) is 8.68. The lowest BCUT2D eigenvalue weighted by molar-refractivity contribution is -0.370. The topological polar surface area (TPSA) is 355 Å². The first-order chi connectivity index (χ1) is 25.7. The molecule has 0 amide bonds. The van der Waals surface area contributed by atoms with Crippen molar-refractivity contribution in [1.29, 1.82) is 10.5 Å². The van der Waals surface area contributed by atoms with E-state index in [9.17, 15) is 71.8 Å². The highest BCUT2D eigenvalue weighted by molar-refractivity contribution is 5.09. The van der Waals surface area contributed by atoms with E-state index in [2.05, 4.69) is 0 Å². The first kappa shape index (κ1) is 44.3. The van der Waals surface area contributed by atoms with Gasteiger partial charge in [0.2, 0.25) is 0 Å². The van der Waals surface area contributed by atoms with Crippen LogP contribution in [0.15, 0.2) is 0 Å². The summed E-state index contributed by atoms with van der Waals surface area (Å²) in [6.07, 6.45) is -37.6. The lowest BCUT2D eigenvalue weighted by atomic mass is 9.72. The van der Waals surface area contributed by atoms with Crippen LogP contribution in [0.25, 0.3) is 0 Å². The number of hydrogen-bond donors (Lipinski definition) is 12. The van der Waals surface area contributed by atoms with Gasteiger partial charge < -0.3 is 94.4 Å². The number of aliphatic hydroxyl groups is 12. The SMILES string of the molecule is CC1C2OC(C(O)C#N)C(OC(C)(C)C3OC(CO)C(OC4OC(C(O)C#N)C(OC(C)(C)C5OC(CO)C1C(O)C5O)C(O)C4O)C(O)C3O)C(O)C2O. The molecule has 21 heteroatoms. The second kappa shape index (κ2) is 16.8. The van der Waals surface area contributed by atoms with Crippen molar-refractivity contribution in [2.45, 2.75) is 174 Å². The molecule has 0 saturated carbocycles. The maximum Gasteiger partial charge on any atom is 0.187 e. The Hall–Kier alpha value is -1.78. The maximum atomic E-state index is 11.6. The van der Waals surface area contributed by atoms with Crippen LogP contribution in [0.2, 0.25) is 0 Å². The molecule has 11 aliphatic heterocycles. The van der Waals surface area contributed by atoms with Crippen LogP contribution in [0, 0.1) is 34.5 Å². The zero-order chi connectivity index (χ0) is 41.1. The van der Waals surface area contributed by atoms with Gasteiger partial charge in [0.25, 0.3) is 0 Å². The van der Waals surface area contributed by atoms with Crippen LogP contribution < -0.4 is 0 Å². The molecule has 11 rings (SSSR count). The summed E-state index contributed by atoms with van der Waals surface area (Å²) in [6, 6.07) is 3.15. The van der Waals surface area contributed by atoms with Gasteiger partial charge in [-0.25, -0.2) is 0 Å². The van der Waals surface area contributed by atoms with Crippen molar-refractivity contribution in [2.24, 2.45) is 11.8 Å². The number of hydrogen-bond acceptors (Lipinski definition) is 21. The first-order valence-corrected chi connectivity index (χ1v) is 18.1. The van der Waals surface area contributed by atoms with Gasteiger partial charge in [-0.1, -0.05) is 6.92 Å². The molecule has 0 aromatic carbocycles. The fourth-order valence-electron chi connectivity index (χ4n) is 8.68. The summed E-state index contributed by atoms with van der Waals surface area (Å²) in [6.45, 7) is 5.15. The van der Waals surface area contributed by atoms with Crippen molar-refractivity contribution >= 4 is 0 Å². The Labute approximate surface area is 316 Å². The maximum absolute atomic E-state index is 11.6. The Morgan fingerprint density at radius 2 is 0.945 bits per heavy atom. The monoisotopic (exact) mass is 794 g/mol. The van der Waals surface area contributed by atoms with Crippen LogP contribution in [-0.4, -0.2) is 214 Å². The fraction of sp³-hybridized carbons (Fsp3) is 0.941. The summed E-state index contributed by atoms with van der Waals surface area (Å²) in [7, 11) is 0. The Morgan fingerprint density at radius 3 is 1.44 bits per heavy atom. The molecular weight excluding hydrogens is 740 g/mol. The number of rotatable bonds is 4. The molecule has 0 aliphatic carbocycles. The van der Waals surface area contributed by atoms with Crippen LogP contribution in [0.1, 0.15) is 34.6 Å². The van der Waals surface area contributed by atoms with Crippen LogP contribution in [0.5, 0.6) is 0 Å². The summed E-state index contributed by atoms with van der Waals surface area (Å²) >= 11 is 0. The largest absolute Gasteiger partial charge is 0.394 e. The minimum absolute atomic E-state index is 0.783. The van der Waals surface area contributed by atoms with Crippen molar-refractivity contribution < 1.29 is 94.4 Å². The standard InChI is InChI=1S/C34H54N2O19/c1-10-15-13(8-37)49-30(21(46)16(15)41)33(2,3)55-29-20(45)23(48)32(52-26(29)12(40)7-36)53-27-14(9-38)50-31(22(47)19(27)44)34(4,5)54-28-18(43)17(42)24(10)51-25(28)11(39)6-35/h10-32,37-48H,8-9H2,1-5H3. The van der Waals surface area contributed by atoms with Crippen molar-refractivity contribution in [1.82, 2.24) is 0 Å². The number of nitrogens with zero attached hydrogens (tertiary/aromatic N) is 2. The van der Waals surface area contributed by atoms with Crippen LogP contribution in [-0.2, 0) is 33.2 Å². The van der Waals surface area contributed by atoms with E-state index in [0.717, 1.165) is 0 Å². The normalized spacial score (nSPS) is 51.3. The highest BCUT2D eigenvalue weighted by atomic mass is 16.7. The van der Waals surface area contributed by atoms with Gasteiger partial charge in [0, 0.05) is 5.92 Å². The highest BCUT2D eigenvalue weighted by Crippen LogP contribution is 2.44. The smallest absolute Gasteiger partial charge is 0.187 e. The van der Waals surface area contributed by atoms with Gasteiger partial charge in [-0.15, -0.1) is 0 Å². The van der Waals surface area contributed by atoms with Gasteiger partial charge in [0.15, 0.2) is 18.5 Å². The van der Waals surface area contributed by atoms with Gasteiger partial charge in [-0.05, 0) is 33.6 Å². The molecule has 21 nitrogen and oxygen atoms in total. The van der Waals surface area contributed by atoms with E-state index in [1.54, 1.807) is 12.1 Å². The van der Waals surface area contributed by atoms with Gasteiger partial charge in [0.05, 0.1) is 54.9 Å². The second-order valence-corrected chi connectivity index (χ2v) is 16.1. The molecule has 11 aliphatic rings. The van der Waals surface area contributed by atoms with E-state index in [4.69, 9.17) is 33.2 Å². The summed E-state index contributed by atoms with van der Waals surface area (Å²) < 4.78 is 41.9. The van der Waals surface area contributed by atoms with Gasteiger partial charge in [-0.2, -0.15) is 10.5 Å². The van der Waals surface area contributed by atoms with Crippen LogP contribution >= 0.6 is 0 Å². The molecule has 23 unspecified atom stereocenters. The third-order valence-corrected chi connectivity index (χ3v) is 11.6. The molecule has 11 saturated heterocycles. The van der Waals surface area contributed by atoms with Crippen molar-refractivity contribution in [2.75, 3.05) is 13.2 Å². The third kappa shape index (κ3) is 8.01. The van der Waals surface area contributed by atoms with Crippen molar-refractivity contribution in [3.05, 3.63) is 0 Å². The molecule has 11 fully saturated rings. The van der Waals surface area contributed by atoms with E-state index in [1.807, 2.05) is 0 Å². The average molecular weight is 795 g/mol. The lowest BCUT2D eigenvalue weighted by Crippen LogP contribution is -2.71. The van der Waals surface area contributed by atoms with Crippen LogP contribution in [0.4, 0.5) is 0 Å². The number of nitriles is 2. The predicted molar refractivity (Wildman–Crippen MR) is 176 cm³/mol. The van der Waals surface area contributed by atoms with Gasteiger partial charge in [-0.3, -0.25) is 0 Å². The number of ether oxygens (including phenoxy) is 7. The molecule has 0 aromatic rings. The predicted octanol–water partition coefficient (Wildman–Crippen LogP) is -6.37. The van der Waals surface area contributed by atoms with E-state index in [0.29, 0.717) is 0 Å². The van der Waals surface area contributed by atoms with Crippen molar-refractivity contribution in [3.63, 3.8) is 0 Å². The molecular formula is C34H54N2O19. The van der Waals surface area contributed by atoms with E-state index >= 15 is 0 Å². The first-order valence-electron chi connectivity index (χ1n) is 18.1. The molecule has 11 heterocycles. The van der Waals surface area contributed by atoms with Gasteiger partial charge >= 0.3 is 0 Å². The minimum atomic E-state index is -2.05. The molecule has 314 valence electrons. The molecule has 8 bridgehead atoms. The summed E-state index contributed by atoms with van der Waals surface area (Å²) in [5.41, 5.74) is -3.60. The Kier molecular flexibility index (Phi) is 13.6. The molecule has 0 radical (unpaired) electrons. The van der Waals surface area contributed by atoms with E-state index in [-0.39, 0.29) is 0 Å². The third-order valence-electron chi connectivity index (χ3n) is 11.6. The Morgan fingerprint density at radius 1 is 0.527 bits per heavy atom. The summed E-state index contributed by atoms with van der Waals surface area (Å²) in [5, 5.41) is 153. The number of aliphatic hydroxyl groups excluding tert-OH is 12. The van der Waals surface area contributed by atoms with Crippen molar-refractivity contribution in [3.8, 4) is 12.1 Å². The minimum Gasteiger partial charge on any atom is -0.394 e. The molecule has 0 spiro atoms. The Balaban J connectivity index is 1.62. The van der Waals surface area contributed by atoms with E-state index in [1.165, 1.54) is 34.6 Å². The average Bonchev–Trinajstić information content (AvgIpc) is 3.14. The molecule has 12 N–H and O–H groups in total.